The maximum atomic E-state index is 15.3. The van der Waals surface area contributed by atoms with E-state index in [2.05, 4.69) is 15.4 Å². The van der Waals surface area contributed by atoms with Crippen LogP contribution in [0.2, 0.25) is 0 Å². The number of hydrogen-bond acceptors (Lipinski definition) is 13. The Morgan fingerprint density at radius 3 is 2.44 bits per heavy atom. The molecule has 1 amide bonds. The summed E-state index contributed by atoms with van der Waals surface area (Å²) in [4.78, 5) is 52.7. The number of amides is 1. The molecule has 6 atom stereocenters. The number of carbonyl (C=O) groups is 3. The topological polar surface area (TPSA) is 223 Å². The van der Waals surface area contributed by atoms with Gasteiger partial charge in [0.1, 0.15) is 23.7 Å². The highest BCUT2D eigenvalue weighted by atomic mass is 31.2. The number of esters is 1. The number of nitrogens with zero attached hydrogens (tertiary/aromatic N) is 2. The number of para-hydroxylation sites is 1. The summed E-state index contributed by atoms with van der Waals surface area (Å²) in [5.41, 5.74) is -1.33. The fourth-order valence-electron chi connectivity index (χ4n) is 4.66. The van der Waals surface area contributed by atoms with Gasteiger partial charge in [0.05, 0.1) is 12.7 Å². The Morgan fingerprint density at radius 1 is 1.08 bits per heavy atom. The maximum absolute atomic E-state index is 15.3. The summed E-state index contributed by atoms with van der Waals surface area (Å²) < 4.78 is 76.2. The van der Waals surface area contributed by atoms with Crippen LogP contribution in [-0.2, 0) is 28.2 Å². The highest BCUT2D eigenvalue weighted by Gasteiger charge is 2.60. The molecule has 2 aliphatic heterocycles. The van der Waals surface area contributed by atoms with Crippen LogP contribution >= 0.6 is 7.75 Å². The van der Waals surface area contributed by atoms with E-state index < -0.39 is 80.7 Å². The number of fused-ring (bicyclic) bond motifs is 1. The average molecular weight is 725 g/mol. The molecular weight excluding hydrogens is 693 g/mol. The number of aliphatic hydroxyl groups excluding tert-OH is 1. The lowest BCUT2D eigenvalue weighted by Gasteiger charge is -2.25. The molecule has 3 aromatic rings. The normalized spacial score (nSPS) is 22.4. The van der Waals surface area contributed by atoms with E-state index in [0.717, 1.165) is 12.3 Å². The smallest absolute Gasteiger partial charge is 0.459 e. The van der Waals surface area contributed by atoms with Gasteiger partial charge in [0.25, 0.3) is 5.91 Å². The number of benzene rings is 2. The van der Waals surface area contributed by atoms with E-state index in [-0.39, 0.29) is 28.6 Å². The SMILES string of the molecule is CC(C)OC(=O)[C@@H](C)NP(=O)(OC[C@H]1OC(n2ccc(NC(=O)c3ccc4c(c3)OC(C(=O)O)O4)nc2=O)C(F)(F)[C@@H]1O)Oc1ccccc1. The number of ether oxygens (including phenoxy) is 4. The molecule has 1 aromatic heterocycles. The van der Waals surface area contributed by atoms with E-state index in [1.54, 1.807) is 32.0 Å². The lowest BCUT2D eigenvalue weighted by molar-refractivity contribution is -0.155. The molecule has 3 heterocycles. The van der Waals surface area contributed by atoms with Crippen LogP contribution in [0.3, 0.4) is 0 Å². The van der Waals surface area contributed by atoms with E-state index >= 15 is 8.78 Å². The molecule has 2 aromatic carbocycles. The second-order valence-corrected chi connectivity index (χ2v) is 12.9. The Balaban J connectivity index is 1.27. The molecule has 0 saturated carbocycles. The van der Waals surface area contributed by atoms with Crippen LogP contribution in [0.15, 0.2) is 65.6 Å². The third kappa shape index (κ3) is 8.09. The number of aliphatic hydroxyl groups is 1. The number of halogens is 2. The third-order valence-electron chi connectivity index (χ3n) is 7.01. The molecule has 5 rings (SSSR count). The van der Waals surface area contributed by atoms with Gasteiger partial charge in [-0.25, -0.2) is 14.2 Å². The van der Waals surface area contributed by atoms with Crippen molar-refractivity contribution in [1.82, 2.24) is 14.6 Å². The predicted octanol–water partition coefficient (Wildman–Crippen LogP) is 2.70. The molecule has 20 heteroatoms. The van der Waals surface area contributed by atoms with Crippen LogP contribution < -0.4 is 30.1 Å². The highest BCUT2D eigenvalue weighted by Crippen LogP contribution is 2.48. The fourth-order valence-corrected chi connectivity index (χ4v) is 6.16. The maximum Gasteiger partial charge on any atom is 0.459 e. The molecule has 268 valence electrons. The Hall–Kier alpha value is -4.94. The lowest BCUT2D eigenvalue weighted by Crippen LogP contribution is -2.42. The molecule has 0 aliphatic carbocycles. The number of anilines is 1. The van der Waals surface area contributed by atoms with Gasteiger partial charge in [-0.05, 0) is 57.2 Å². The number of carboxylic acids is 1. The summed E-state index contributed by atoms with van der Waals surface area (Å²) in [6.45, 7) is 3.57. The minimum absolute atomic E-state index is 0.0203. The first-order valence-electron chi connectivity index (χ1n) is 14.9. The van der Waals surface area contributed by atoms with Gasteiger partial charge in [-0.1, -0.05) is 18.2 Å². The van der Waals surface area contributed by atoms with Crippen molar-refractivity contribution < 1.29 is 65.9 Å². The predicted molar refractivity (Wildman–Crippen MR) is 165 cm³/mol. The van der Waals surface area contributed by atoms with Gasteiger partial charge >= 0.3 is 37.6 Å². The Bertz CT molecular complexity index is 1860. The summed E-state index contributed by atoms with van der Waals surface area (Å²) in [7, 11) is -4.52. The first-order chi connectivity index (χ1) is 23.6. The quantitative estimate of drug-likeness (QED) is 0.147. The van der Waals surface area contributed by atoms with Gasteiger partial charge in [0, 0.05) is 11.8 Å². The van der Waals surface area contributed by atoms with Crippen molar-refractivity contribution in [2.24, 2.45) is 0 Å². The van der Waals surface area contributed by atoms with Crippen LogP contribution in [0.1, 0.15) is 37.4 Å². The Labute approximate surface area is 281 Å². The monoisotopic (exact) mass is 724 g/mol. The fraction of sp³-hybridized carbons (Fsp3) is 0.367. The Kier molecular flexibility index (Phi) is 10.5. The molecule has 0 radical (unpaired) electrons. The molecule has 1 fully saturated rings. The van der Waals surface area contributed by atoms with Crippen molar-refractivity contribution in [2.45, 2.75) is 63.6 Å². The van der Waals surface area contributed by atoms with E-state index in [1.807, 2.05) is 0 Å². The number of aliphatic carboxylic acids is 1. The minimum Gasteiger partial charge on any atom is -0.476 e. The van der Waals surface area contributed by atoms with Crippen molar-refractivity contribution in [3.8, 4) is 17.2 Å². The zero-order valence-electron chi connectivity index (χ0n) is 26.4. The van der Waals surface area contributed by atoms with Crippen molar-refractivity contribution in [1.29, 1.82) is 0 Å². The first-order valence-corrected chi connectivity index (χ1v) is 16.4. The van der Waals surface area contributed by atoms with Crippen molar-refractivity contribution in [3.63, 3.8) is 0 Å². The second-order valence-electron chi connectivity index (χ2n) is 11.2. The number of alkyl halides is 2. The molecule has 3 unspecified atom stereocenters. The summed E-state index contributed by atoms with van der Waals surface area (Å²) in [5, 5.41) is 24.2. The lowest BCUT2D eigenvalue weighted by atomic mass is 10.1. The van der Waals surface area contributed by atoms with Crippen LogP contribution in [-0.4, -0.2) is 80.8 Å². The van der Waals surface area contributed by atoms with Gasteiger partial charge in [-0.3, -0.25) is 18.7 Å². The molecular formula is C30H31F2N4O13P. The zero-order valence-corrected chi connectivity index (χ0v) is 27.3. The van der Waals surface area contributed by atoms with E-state index in [4.69, 9.17) is 33.1 Å². The summed E-state index contributed by atoms with van der Waals surface area (Å²) in [5.74, 6) is -7.33. The second kappa shape index (κ2) is 14.5. The zero-order chi connectivity index (χ0) is 36.4. The number of carboxylic acid groups (broad SMARTS) is 1. The van der Waals surface area contributed by atoms with Crippen LogP contribution in [0.4, 0.5) is 14.6 Å². The number of hydrogen-bond donors (Lipinski definition) is 4. The largest absolute Gasteiger partial charge is 0.476 e. The standard InChI is InChI=1S/C30H31F2N4O13P/c1-15(2)45-26(41)16(3)35-50(43,49-18-7-5-4-6-8-18)44-14-21-23(37)30(31,32)28(48-21)36-12-11-22(34-29(36)42)33-24(38)17-9-10-19-20(13-17)47-27(46-19)25(39)40/h4-13,15-16,21,23,27-28,37H,14H2,1-3H3,(H,35,43)(H,39,40)(H,33,34,38,42)/t16-,21-,23-,27?,28?,50?/m1/s1. The summed E-state index contributed by atoms with van der Waals surface area (Å²) in [6.07, 6.45) is -8.08. The highest BCUT2D eigenvalue weighted by molar-refractivity contribution is 7.52. The van der Waals surface area contributed by atoms with Gasteiger partial charge < -0.3 is 39.0 Å². The van der Waals surface area contributed by atoms with Crippen LogP contribution in [0.5, 0.6) is 17.2 Å². The molecule has 50 heavy (non-hydrogen) atoms. The van der Waals surface area contributed by atoms with Gasteiger partial charge in [-0.15, -0.1) is 0 Å². The minimum atomic E-state index is -4.52. The number of nitrogens with one attached hydrogen (secondary N) is 2. The van der Waals surface area contributed by atoms with Crippen LogP contribution in [0, 0.1) is 0 Å². The summed E-state index contributed by atoms with van der Waals surface area (Å²) in [6, 6.07) is 11.2. The van der Waals surface area contributed by atoms with Gasteiger partial charge in [0.15, 0.2) is 17.6 Å². The molecule has 0 bridgehead atoms. The van der Waals surface area contributed by atoms with Crippen molar-refractivity contribution in [3.05, 3.63) is 76.8 Å². The molecule has 2 aliphatic rings. The van der Waals surface area contributed by atoms with Crippen molar-refractivity contribution >= 4 is 31.4 Å². The average Bonchev–Trinajstić information content (AvgIpc) is 3.58. The van der Waals surface area contributed by atoms with Crippen LogP contribution in [0.25, 0.3) is 0 Å². The first kappa shape index (κ1) is 36.3. The molecule has 0 spiro atoms. The Morgan fingerprint density at radius 2 is 1.78 bits per heavy atom. The molecule has 4 N–H and O–H groups in total. The van der Waals surface area contributed by atoms with E-state index in [0.29, 0.717) is 4.57 Å². The molecule has 1 saturated heterocycles. The van der Waals surface area contributed by atoms with Gasteiger partial charge in [-0.2, -0.15) is 18.9 Å². The third-order valence-corrected chi connectivity index (χ3v) is 8.66. The van der Waals surface area contributed by atoms with Gasteiger partial charge in [0.2, 0.25) is 6.23 Å². The van der Waals surface area contributed by atoms with E-state index in [1.165, 1.54) is 37.3 Å². The summed E-state index contributed by atoms with van der Waals surface area (Å²) >= 11 is 0. The number of carbonyl (C=O) groups excluding carboxylic acids is 2. The molecule has 17 nitrogen and oxygen atoms in total. The number of aromatic nitrogens is 2. The van der Waals surface area contributed by atoms with E-state index in [9.17, 15) is 28.8 Å². The van der Waals surface area contributed by atoms with Crippen molar-refractivity contribution in [2.75, 3.05) is 11.9 Å². The number of rotatable bonds is 13.